The van der Waals surface area contributed by atoms with E-state index < -0.39 is 21.7 Å². The first-order chi connectivity index (χ1) is 14.0. The molecule has 0 saturated carbocycles. The zero-order valence-corrected chi connectivity index (χ0v) is 17.6. The van der Waals surface area contributed by atoms with E-state index in [0.29, 0.717) is 10.8 Å². The number of nitrogens with two attached hydrogens (primary N) is 1. The predicted molar refractivity (Wildman–Crippen MR) is 112 cm³/mol. The number of carbonyl (C=O) groups is 2. The van der Waals surface area contributed by atoms with Gasteiger partial charge in [-0.1, -0.05) is 6.07 Å². The van der Waals surface area contributed by atoms with Gasteiger partial charge in [-0.25, -0.2) is 8.42 Å². The summed E-state index contributed by atoms with van der Waals surface area (Å²) in [7, 11) is -0.232. The molecule has 0 fully saturated rings. The number of nitrogens with one attached hydrogen (secondary N) is 2. The monoisotopic (exact) mass is 433 g/mol. The van der Waals surface area contributed by atoms with E-state index in [9.17, 15) is 18.0 Å². The zero-order chi connectivity index (χ0) is 22.5. The number of rotatable bonds is 7. The highest BCUT2D eigenvalue weighted by Gasteiger charge is 2.23. The molecule has 0 unspecified atom stereocenters. The van der Waals surface area contributed by atoms with Gasteiger partial charge in [0.15, 0.2) is 15.6 Å². The third-order valence-electron chi connectivity index (χ3n) is 4.04. The van der Waals surface area contributed by atoms with Crippen LogP contribution in [-0.4, -0.2) is 58.2 Å². The van der Waals surface area contributed by atoms with E-state index in [-0.39, 0.29) is 28.7 Å². The first-order valence-corrected chi connectivity index (χ1v) is 10.6. The van der Waals surface area contributed by atoms with E-state index in [1.54, 1.807) is 26.2 Å². The molecular weight excluding hydrogens is 410 g/mol. The molecule has 0 saturated heterocycles. The number of sulfone groups is 1. The Labute approximate surface area is 174 Å². The maximum atomic E-state index is 12.7. The summed E-state index contributed by atoms with van der Waals surface area (Å²) in [6.07, 6.45) is 1.02. The Morgan fingerprint density at radius 3 is 2.33 bits per heavy atom. The number of likely N-dealkylation sites (N-methyl/N-ethyl adjacent to an activating group) is 2. The molecule has 0 aliphatic rings. The molecule has 2 aromatic rings. The summed E-state index contributed by atoms with van der Waals surface area (Å²) in [5.74, 6) is -1.44. The van der Waals surface area contributed by atoms with Crippen molar-refractivity contribution in [2.45, 2.75) is 4.90 Å². The van der Waals surface area contributed by atoms with Crippen LogP contribution in [0.2, 0.25) is 0 Å². The minimum absolute atomic E-state index is 0.0119. The predicted octanol–water partition coefficient (Wildman–Crippen LogP) is 0.602. The second-order valence-electron chi connectivity index (χ2n) is 6.35. The van der Waals surface area contributed by atoms with E-state index in [1.165, 1.54) is 41.3 Å². The van der Waals surface area contributed by atoms with Crippen molar-refractivity contribution >= 4 is 33.3 Å². The van der Waals surface area contributed by atoms with Gasteiger partial charge in [-0.2, -0.15) is 0 Å². The normalized spacial score (nSPS) is 10.9. The van der Waals surface area contributed by atoms with Crippen LogP contribution in [0.3, 0.4) is 0 Å². The number of carbonyl (C=O) groups excluding carboxylic acids is 2. The number of nitrogens with zero attached hydrogens (tertiary/aromatic N) is 2. The van der Waals surface area contributed by atoms with Gasteiger partial charge in [-0.3, -0.25) is 15.0 Å². The zero-order valence-electron chi connectivity index (χ0n) is 16.7. The molecule has 2 aromatic carbocycles. The molecule has 2 amide bonds. The molecule has 11 heteroatoms. The lowest BCUT2D eigenvalue weighted by molar-refractivity contribution is -0.117. The lowest BCUT2D eigenvalue weighted by Crippen LogP contribution is -2.43. The highest BCUT2D eigenvalue weighted by molar-refractivity contribution is 7.90. The highest BCUT2D eigenvalue weighted by Crippen LogP contribution is 2.20. The molecule has 2 rings (SSSR count). The van der Waals surface area contributed by atoms with Crippen molar-refractivity contribution in [3.05, 3.63) is 54.1 Å². The molecule has 0 bridgehead atoms. The molecule has 0 aromatic heterocycles. The number of guanidine groups is 1. The van der Waals surface area contributed by atoms with Crippen molar-refractivity contribution in [1.82, 2.24) is 10.4 Å². The molecule has 0 spiro atoms. The molecule has 30 heavy (non-hydrogen) atoms. The Bertz CT molecular complexity index is 1050. The molecule has 10 nitrogen and oxygen atoms in total. The Hall–Kier alpha value is -3.44. The average molecular weight is 433 g/mol. The maximum absolute atomic E-state index is 12.7. The van der Waals surface area contributed by atoms with Crippen LogP contribution in [0.25, 0.3) is 0 Å². The summed E-state index contributed by atoms with van der Waals surface area (Å²) in [5, 5.41) is 11.0. The van der Waals surface area contributed by atoms with Crippen LogP contribution >= 0.6 is 0 Å². The quantitative estimate of drug-likeness (QED) is 0.329. The second-order valence-corrected chi connectivity index (χ2v) is 8.37. The van der Waals surface area contributed by atoms with Crippen molar-refractivity contribution < 1.29 is 22.8 Å². The average Bonchev–Trinajstić information content (AvgIpc) is 2.71. The summed E-state index contributed by atoms with van der Waals surface area (Å²) in [6.45, 7) is 0.175. The van der Waals surface area contributed by atoms with E-state index in [4.69, 9.17) is 16.0 Å². The molecular formula is C19H23N5O5S. The smallest absolute Gasteiger partial charge is 0.294 e. The first-order valence-electron chi connectivity index (χ1n) is 8.72. The number of hydrogen-bond donors (Lipinski definition) is 3. The topological polar surface area (TPSA) is 146 Å². The van der Waals surface area contributed by atoms with E-state index in [1.807, 2.05) is 0 Å². The summed E-state index contributed by atoms with van der Waals surface area (Å²) in [6, 6.07) is 11.6. The summed E-state index contributed by atoms with van der Waals surface area (Å²) in [4.78, 5) is 31.5. The third-order valence-corrected chi connectivity index (χ3v) is 5.15. The first kappa shape index (κ1) is 22.8. The van der Waals surface area contributed by atoms with Crippen molar-refractivity contribution in [2.24, 2.45) is 5.73 Å². The fourth-order valence-electron chi connectivity index (χ4n) is 2.43. The van der Waals surface area contributed by atoms with Crippen molar-refractivity contribution in [1.29, 1.82) is 5.41 Å². The standard InChI is InChI=1S/C19H23N5O5S/c1-22-12-17(25)23(2)14-7-9-15(10-8-14)29-24(19(20)21)18(26)13-5-4-6-16(11-13)30(3,27)28/h4-11,22H,12H2,1-3H3,(H3,20,21). The van der Waals surface area contributed by atoms with E-state index in [2.05, 4.69) is 5.32 Å². The molecule has 0 aliphatic heterocycles. The van der Waals surface area contributed by atoms with Gasteiger partial charge in [0.1, 0.15) is 0 Å². The number of amides is 2. The minimum Gasteiger partial charge on any atom is -0.369 e. The maximum Gasteiger partial charge on any atom is 0.294 e. The molecule has 0 radical (unpaired) electrons. The van der Waals surface area contributed by atoms with Crippen LogP contribution in [0.1, 0.15) is 10.4 Å². The van der Waals surface area contributed by atoms with Crippen LogP contribution in [0.4, 0.5) is 5.69 Å². The number of anilines is 1. The highest BCUT2D eigenvalue weighted by atomic mass is 32.2. The Morgan fingerprint density at radius 2 is 1.80 bits per heavy atom. The van der Waals surface area contributed by atoms with Crippen molar-refractivity contribution in [3.63, 3.8) is 0 Å². The number of hydroxylamine groups is 2. The van der Waals surface area contributed by atoms with Crippen LogP contribution in [0, 0.1) is 5.41 Å². The Kier molecular flexibility index (Phi) is 7.14. The van der Waals surface area contributed by atoms with Gasteiger partial charge in [-0.05, 0) is 49.5 Å². The number of benzene rings is 2. The third kappa shape index (κ3) is 5.55. The van der Waals surface area contributed by atoms with Gasteiger partial charge in [0.2, 0.25) is 11.9 Å². The van der Waals surface area contributed by atoms with Crippen LogP contribution in [0.15, 0.2) is 53.4 Å². The van der Waals surface area contributed by atoms with Crippen molar-refractivity contribution in [2.75, 3.05) is 31.8 Å². The Morgan fingerprint density at radius 1 is 1.17 bits per heavy atom. The summed E-state index contributed by atoms with van der Waals surface area (Å²) >= 11 is 0. The lowest BCUT2D eigenvalue weighted by atomic mass is 10.2. The van der Waals surface area contributed by atoms with Gasteiger partial charge in [0, 0.05) is 24.6 Å². The lowest BCUT2D eigenvalue weighted by Gasteiger charge is -2.21. The SMILES string of the molecule is CNCC(=O)N(C)c1ccc(ON(C(=N)N)C(=O)c2cccc(S(C)(=O)=O)c2)cc1. The second kappa shape index (κ2) is 9.37. The van der Waals surface area contributed by atoms with Gasteiger partial charge in [0.05, 0.1) is 11.4 Å². The summed E-state index contributed by atoms with van der Waals surface area (Å²) in [5.41, 5.74) is 6.07. The number of hydrogen-bond acceptors (Lipinski definition) is 7. The molecule has 0 heterocycles. The van der Waals surface area contributed by atoms with Gasteiger partial charge in [0.25, 0.3) is 5.91 Å². The van der Waals surface area contributed by atoms with Crippen LogP contribution < -0.4 is 20.8 Å². The van der Waals surface area contributed by atoms with Gasteiger partial charge < -0.3 is 20.8 Å². The van der Waals surface area contributed by atoms with Gasteiger partial charge in [-0.15, -0.1) is 5.06 Å². The summed E-state index contributed by atoms with van der Waals surface area (Å²) < 4.78 is 23.4. The minimum atomic E-state index is -3.52. The van der Waals surface area contributed by atoms with E-state index >= 15 is 0 Å². The largest absolute Gasteiger partial charge is 0.369 e. The van der Waals surface area contributed by atoms with Crippen LogP contribution in [-0.2, 0) is 14.6 Å². The molecule has 0 aliphatic carbocycles. The van der Waals surface area contributed by atoms with E-state index in [0.717, 1.165) is 6.26 Å². The molecule has 0 atom stereocenters. The fourth-order valence-corrected chi connectivity index (χ4v) is 3.09. The fraction of sp³-hybridized carbons (Fsp3) is 0.211. The van der Waals surface area contributed by atoms with Crippen LogP contribution in [0.5, 0.6) is 5.75 Å². The van der Waals surface area contributed by atoms with Gasteiger partial charge >= 0.3 is 0 Å². The van der Waals surface area contributed by atoms with Crippen molar-refractivity contribution in [3.8, 4) is 5.75 Å². The Balaban J connectivity index is 2.23. The molecule has 4 N–H and O–H groups in total. The molecule has 160 valence electrons.